The summed E-state index contributed by atoms with van der Waals surface area (Å²) in [5.74, 6) is 1.30. The van der Waals surface area contributed by atoms with Crippen LogP contribution in [-0.4, -0.2) is 22.1 Å². The number of hydrogen-bond donors (Lipinski definition) is 1. The van der Waals surface area contributed by atoms with Crippen molar-refractivity contribution in [1.29, 1.82) is 0 Å². The second kappa shape index (κ2) is 6.98. The molecule has 4 aromatic rings. The third-order valence-corrected chi connectivity index (χ3v) is 4.86. The van der Waals surface area contributed by atoms with Gasteiger partial charge in [0.05, 0.1) is 12.1 Å². The molecule has 2 aromatic heterocycles. The van der Waals surface area contributed by atoms with Crippen LogP contribution in [0.3, 0.4) is 0 Å². The van der Waals surface area contributed by atoms with E-state index in [1.807, 2.05) is 78.3 Å². The van der Waals surface area contributed by atoms with E-state index in [9.17, 15) is 4.79 Å². The van der Waals surface area contributed by atoms with Crippen molar-refractivity contribution in [2.24, 2.45) is 0 Å². The number of aromatic nitrogens is 2. The minimum Gasteiger partial charge on any atom is -0.454 e. The van der Waals surface area contributed by atoms with Crippen LogP contribution in [0.5, 0.6) is 11.5 Å². The van der Waals surface area contributed by atoms with Gasteiger partial charge in [0.25, 0.3) is 0 Å². The highest BCUT2D eigenvalue weighted by molar-refractivity contribution is 5.93. The molecule has 3 heterocycles. The Balaban J connectivity index is 1.33. The Morgan fingerprint density at radius 2 is 2.00 bits per heavy atom. The number of benzene rings is 2. The second-order valence-electron chi connectivity index (χ2n) is 7.09. The predicted molar refractivity (Wildman–Crippen MR) is 110 cm³/mol. The van der Waals surface area contributed by atoms with Gasteiger partial charge in [-0.25, -0.2) is 4.98 Å². The molecule has 0 spiro atoms. The van der Waals surface area contributed by atoms with Gasteiger partial charge in [0.2, 0.25) is 12.7 Å². The van der Waals surface area contributed by atoms with E-state index >= 15 is 0 Å². The molecule has 1 aliphatic rings. The van der Waals surface area contributed by atoms with Gasteiger partial charge in [0.1, 0.15) is 5.65 Å². The van der Waals surface area contributed by atoms with Crippen molar-refractivity contribution in [3.63, 3.8) is 0 Å². The quantitative estimate of drug-likeness (QED) is 0.571. The Morgan fingerprint density at radius 1 is 1.10 bits per heavy atom. The first-order chi connectivity index (χ1) is 14.1. The Bertz CT molecular complexity index is 1230. The number of nitrogens with zero attached hydrogens (tertiary/aromatic N) is 2. The van der Waals surface area contributed by atoms with E-state index in [1.54, 1.807) is 0 Å². The maximum Gasteiger partial charge on any atom is 0.231 e. The van der Waals surface area contributed by atoms with Crippen LogP contribution >= 0.6 is 0 Å². The summed E-state index contributed by atoms with van der Waals surface area (Å²) in [6.07, 6.45) is 4.25. The lowest BCUT2D eigenvalue weighted by Gasteiger charge is -2.07. The Kier molecular flexibility index (Phi) is 4.17. The minimum atomic E-state index is -0.0911. The molecule has 0 radical (unpaired) electrons. The number of aryl methyl sites for hydroxylation is 1. The predicted octanol–water partition coefficient (Wildman–Crippen LogP) is 4.22. The van der Waals surface area contributed by atoms with E-state index < -0.39 is 0 Å². The number of pyridine rings is 1. The van der Waals surface area contributed by atoms with Crippen LogP contribution in [0, 0.1) is 6.92 Å². The lowest BCUT2D eigenvalue weighted by molar-refractivity contribution is -0.115. The van der Waals surface area contributed by atoms with Crippen molar-refractivity contribution in [3.8, 4) is 22.8 Å². The molecule has 6 nitrogen and oxygen atoms in total. The molecule has 2 aromatic carbocycles. The van der Waals surface area contributed by atoms with Crippen LogP contribution in [0.15, 0.2) is 67.0 Å². The highest BCUT2D eigenvalue weighted by Crippen LogP contribution is 2.32. The van der Waals surface area contributed by atoms with Crippen molar-refractivity contribution in [2.75, 3.05) is 12.1 Å². The number of fused-ring (bicyclic) bond motifs is 2. The summed E-state index contributed by atoms with van der Waals surface area (Å²) in [5, 5.41) is 2.97. The van der Waals surface area contributed by atoms with Crippen molar-refractivity contribution in [3.05, 3.63) is 78.1 Å². The van der Waals surface area contributed by atoms with Gasteiger partial charge in [0.15, 0.2) is 11.5 Å². The maximum atomic E-state index is 12.5. The Hall–Kier alpha value is -3.80. The van der Waals surface area contributed by atoms with Gasteiger partial charge in [-0.05, 0) is 54.4 Å². The number of anilines is 1. The standard InChI is InChI=1S/C23H19N3O3/c1-15-7-8-26-13-19(25-22(26)9-15)17-3-2-4-18(12-17)24-23(27)11-16-5-6-20-21(10-16)29-14-28-20/h2-10,12-13H,11,14H2,1H3,(H,24,27). The molecule has 0 fully saturated rings. The van der Waals surface area contributed by atoms with Crippen molar-refractivity contribution >= 4 is 17.2 Å². The van der Waals surface area contributed by atoms with Crippen LogP contribution in [0.25, 0.3) is 16.9 Å². The molecule has 0 saturated carbocycles. The molecule has 0 aliphatic carbocycles. The fourth-order valence-corrected chi connectivity index (χ4v) is 3.42. The number of hydrogen-bond acceptors (Lipinski definition) is 4. The number of ether oxygens (including phenoxy) is 2. The summed E-state index contributed by atoms with van der Waals surface area (Å²) in [5.41, 5.74) is 5.49. The van der Waals surface area contributed by atoms with Crippen LogP contribution < -0.4 is 14.8 Å². The van der Waals surface area contributed by atoms with Crippen LogP contribution in [0.4, 0.5) is 5.69 Å². The summed E-state index contributed by atoms with van der Waals surface area (Å²) in [7, 11) is 0. The Morgan fingerprint density at radius 3 is 2.93 bits per heavy atom. The number of carbonyl (C=O) groups is 1. The maximum absolute atomic E-state index is 12.5. The fourth-order valence-electron chi connectivity index (χ4n) is 3.42. The molecular formula is C23H19N3O3. The van der Waals surface area contributed by atoms with Gasteiger partial charge in [-0.3, -0.25) is 4.79 Å². The van der Waals surface area contributed by atoms with Crippen molar-refractivity contribution in [1.82, 2.24) is 9.38 Å². The Labute approximate surface area is 167 Å². The summed E-state index contributed by atoms with van der Waals surface area (Å²) in [6.45, 7) is 2.27. The highest BCUT2D eigenvalue weighted by atomic mass is 16.7. The minimum absolute atomic E-state index is 0.0911. The summed E-state index contributed by atoms with van der Waals surface area (Å²) in [6, 6.07) is 17.4. The van der Waals surface area contributed by atoms with E-state index in [1.165, 1.54) is 5.56 Å². The molecule has 0 atom stereocenters. The lowest BCUT2D eigenvalue weighted by Crippen LogP contribution is -2.14. The molecular weight excluding hydrogens is 366 g/mol. The zero-order valence-electron chi connectivity index (χ0n) is 15.9. The van der Waals surface area contributed by atoms with Crippen LogP contribution in [-0.2, 0) is 11.2 Å². The zero-order valence-corrected chi connectivity index (χ0v) is 15.9. The number of imidazole rings is 1. The molecule has 1 N–H and O–H groups in total. The van der Waals surface area contributed by atoms with Crippen LogP contribution in [0.2, 0.25) is 0 Å². The fraction of sp³-hybridized carbons (Fsp3) is 0.130. The monoisotopic (exact) mass is 385 g/mol. The van der Waals surface area contributed by atoms with Gasteiger partial charge in [0, 0.05) is 23.6 Å². The van der Waals surface area contributed by atoms with Gasteiger partial charge in [-0.1, -0.05) is 18.2 Å². The number of amides is 1. The SMILES string of the molecule is Cc1ccn2cc(-c3cccc(NC(=O)Cc4ccc5c(c4)OCO5)c3)nc2c1. The molecule has 144 valence electrons. The first-order valence-electron chi connectivity index (χ1n) is 9.38. The van der Waals surface area contributed by atoms with Gasteiger partial charge in [-0.2, -0.15) is 0 Å². The number of carbonyl (C=O) groups excluding carboxylic acids is 1. The van der Waals surface area contributed by atoms with E-state index in [2.05, 4.69) is 10.3 Å². The normalized spacial score (nSPS) is 12.3. The molecule has 29 heavy (non-hydrogen) atoms. The summed E-state index contributed by atoms with van der Waals surface area (Å²) >= 11 is 0. The van der Waals surface area contributed by atoms with E-state index in [4.69, 9.17) is 9.47 Å². The summed E-state index contributed by atoms with van der Waals surface area (Å²) < 4.78 is 12.7. The average Bonchev–Trinajstić information content (AvgIpc) is 3.34. The second-order valence-corrected chi connectivity index (χ2v) is 7.09. The topological polar surface area (TPSA) is 64.9 Å². The molecule has 0 unspecified atom stereocenters. The largest absolute Gasteiger partial charge is 0.454 e. The van der Waals surface area contributed by atoms with E-state index in [0.717, 1.165) is 28.2 Å². The molecule has 5 rings (SSSR count). The molecule has 6 heteroatoms. The van der Waals surface area contributed by atoms with Crippen LogP contribution in [0.1, 0.15) is 11.1 Å². The zero-order chi connectivity index (χ0) is 19.8. The van der Waals surface area contributed by atoms with Gasteiger partial charge in [-0.15, -0.1) is 0 Å². The molecule has 1 amide bonds. The molecule has 0 saturated heterocycles. The molecule has 1 aliphatic heterocycles. The number of rotatable bonds is 4. The van der Waals surface area contributed by atoms with Gasteiger partial charge >= 0.3 is 0 Å². The third kappa shape index (κ3) is 3.52. The van der Waals surface area contributed by atoms with Crippen molar-refractivity contribution < 1.29 is 14.3 Å². The molecule has 0 bridgehead atoms. The average molecular weight is 385 g/mol. The first kappa shape index (κ1) is 17.3. The smallest absolute Gasteiger partial charge is 0.231 e. The van der Waals surface area contributed by atoms with Crippen molar-refractivity contribution in [2.45, 2.75) is 13.3 Å². The number of nitrogens with one attached hydrogen (secondary N) is 1. The third-order valence-electron chi connectivity index (χ3n) is 4.86. The van der Waals surface area contributed by atoms with E-state index in [-0.39, 0.29) is 19.1 Å². The lowest BCUT2D eigenvalue weighted by atomic mass is 10.1. The highest BCUT2D eigenvalue weighted by Gasteiger charge is 2.15. The first-order valence-corrected chi connectivity index (χ1v) is 9.38. The van der Waals surface area contributed by atoms with E-state index in [0.29, 0.717) is 11.5 Å². The summed E-state index contributed by atoms with van der Waals surface area (Å²) in [4.78, 5) is 17.2. The van der Waals surface area contributed by atoms with Gasteiger partial charge < -0.3 is 19.2 Å².